The van der Waals surface area contributed by atoms with Crippen molar-refractivity contribution in [3.63, 3.8) is 0 Å². The highest BCUT2D eigenvalue weighted by Crippen LogP contribution is 2.38. The molecule has 2 heterocycles. The number of amides is 2. The molecule has 0 radical (unpaired) electrons. The molecule has 0 bridgehead atoms. The van der Waals surface area contributed by atoms with Gasteiger partial charge in [0.15, 0.2) is 0 Å². The molecule has 1 aliphatic heterocycles. The monoisotopic (exact) mass is 448 g/mol. The van der Waals surface area contributed by atoms with E-state index < -0.39 is 5.82 Å². The van der Waals surface area contributed by atoms with E-state index in [4.69, 9.17) is 0 Å². The predicted octanol–water partition coefficient (Wildman–Crippen LogP) is 4.97. The second-order valence-corrected chi connectivity index (χ2v) is 9.62. The molecule has 0 N–H and O–H groups in total. The van der Waals surface area contributed by atoms with Gasteiger partial charge in [0, 0.05) is 23.0 Å². The molecular weight excluding hydrogens is 423 g/mol. The maximum absolute atomic E-state index is 13.7. The van der Waals surface area contributed by atoms with Crippen LogP contribution in [0.2, 0.25) is 0 Å². The average Bonchev–Trinajstić information content (AvgIpc) is 3.52. The van der Waals surface area contributed by atoms with Gasteiger partial charge in [-0.15, -0.1) is 11.3 Å². The van der Waals surface area contributed by atoms with E-state index in [1.54, 1.807) is 22.3 Å². The first kappa shape index (κ1) is 20.9. The largest absolute Gasteiger partial charge is 0.330 e. The molecule has 5 rings (SSSR count). The first-order valence-corrected chi connectivity index (χ1v) is 11.9. The molecule has 1 unspecified atom stereocenters. The van der Waals surface area contributed by atoms with Gasteiger partial charge in [-0.2, -0.15) is 0 Å². The molecule has 0 saturated heterocycles. The second-order valence-electron chi connectivity index (χ2n) is 8.62. The van der Waals surface area contributed by atoms with Crippen molar-refractivity contribution >= 4 is 23.2 Å². The molecule has 164 valence electrons. The zero-order valence-electron chi connectivity index (χ0n) is 18.0. The summed E-state index contributed by atoms with van der Waals surface area (Å²) in [5, 5.41) is 2.09. The number of hydrogen-bond donors (Lipinski definition) is 0. The fourth-order valence-corrected chi connectivity index (χ4v) is 5.37. The average molecular weight is 449 g/mol. The van der Waals surface area contributed by atoms with Crippen LogP contribution in [0.3, 0.4) is 0 Å². The summed E-state index contributed by atoms with van der Waals surface area (Å²) in [5.74, 6) is -0.789. The van der Waals surface area contributed by atoms with Gasteiger partial charge in [0.05, 0.1) is 6.04 Å². The summed E-state index contributed by atoms with van der Waals surface area (Å²) in [6.45, 7) is 2.69. The van der Waals surface area contributed by atoms with Crippen LogP contribution in [0, 0.1) is 12.7 Å². The number of halogens is 1. The highest BCUT2D eigenvalue weighted by atomic mass is 32.1. The van der Waals surface area contributed by atoms with Crippen LogP contribution in [-0.2, 0) is 11.2 Å². The molecule has 3 aromatic rings. The third-order valence-electron chi connectivity index (χ3n) is 6.31. The summed E-state index contributed by atoms with van der Waals surface area (Å²) in [6, 6.07) is 16.0. The minimum atomic E-state index is -0.446. The molecule has 4 nitrogen and oxygen atoms in total. The van der Waals surface area contributed by atoms with Gasteiger partial charge in [-0.1, -0.05) is 35.9 Å². The maximum atomic E-state index is 13.7. The van der Waals surface area contributed by atoms with Crippen molar-refractivity contribution in [2.45, 2.75) is 38.3 Å². The standard InChI is InChI=1S/C26H25FN2O2S/c1-17-5-7-18(8-6-17)25-22-12-14-32-23(22)11-13-28(25)24(30)16-29(21-9-10-21)26(31)19-3-2-4-20(27)15-19/h2-8,12,14-15,21,25H,9-11,13,16H2,1H3. The van der Waals surface area contributed by atoms with Crippen LogP contribution < -0.4 is 0 Å². The quantitative estimate of drug-likeness (QED) is 0.553. The summed E-state index contributed by atoms with van der Waals surface area (Å²) in [6.07, 6.45) is 2.58. The molecule has 0 spiro atoms. The van der Waals surface area contributed by atoms with Crippen molar-refractivity contribution in [2.75, 3.05) is 13.1 Å². The van der Waals surface area contributed by atoms with Crippen molar-refractivity contribution in [3.05, 3.63) is 92.9 Å². The van der Waals surface area contributed by atoms with E-state index in [1.165, 1.54) is 34.2 Å². The Morgan fingerprint density at radius 1 is 1.12 bits per heavy atom. The van der Waals surface area contributed by atoms with E-state index in [0.717, 1.165) is 24.8 Å². The number of rotatable bonds is 5. The van der Waals surface area contributed by atoms with Crippen molar-refractivity contribution in [1.29, 1.82) is 0 Å². The van der Waals surface area contributed by atoms with E-state index in [-0.39, 0.29) is 30.4 Å². The predicted molar refractivity (Wildman–Crippen MR) is 123 cm³/mol. The molecule has 2 aromatic carbocycles. The van der Waals surface area contributed by atoms with E-state index in [0.29, 0.717) is 12.1 Å². The van der Waals surface area contributed by atoms with Crippen molar-refractivity contribution in [1.82, 2.24) is 9.80 Å². The normalized spacial score (nSPS) is 17.7. The highest BCUT2D eigenvalue weighted by Gasteiger charge is 2.38. The van der Waals surface area contributed by atoms with Gasteiger partial charge < -0.3 is 9.80 Å². The van der Waals surface area contributed by atoms with Crippen LogP contribution in [0.1, 0.15) is 50.8 Å². The highest BCUT2D eigenvalue weighted by molar-refractivity contribution is 7.10. The number of carbonyl (C=O) groups excluding carboxylic acids is 2. The Hall–Kier alpha value is -2.99. The second kappa shape index (κ2) is 8.51. The van der Waals surface area contributed by atoms with Crippen LogP contribution >= 0.6 is 11.3 Å². The lowest BCUT2D eigenvalue weighted by Gasteiger charge is -2.37. The SMILES string of the molecule is Cc1ccc(C2c3ccsc3CCN2C(=O)CN(C(=O)c2cccc(F)c2)C2CC2)cc1. The molecule has 1 atom stereocenters. The topological polar surface area (TPSA) is 40.6 Å². The van der Waals surface area contributed by atoms with Gasteiger partial charge in [-0.25, -0.2) is 4.39 Å². The molecule has 1 saturated carbocycles. The zero-order chi connectivity index (χ0) is 22.2. The Kier molecular flexibility index (Phi) is 5.55. The summed E-state index contributed by atoms with van der Waals surface area (Å²) < 4.78 is 13.7. The zero-order valence-corrected chi connectivity index (χ0v) is 18.8. The Morgan fingerprint density at radius 2 is 1.91 bits per heavy atom. The number of nitrogens with zero attached hydrogens (tertiary/aromatic N) is 2. The fraction of sp³-hybridized carbons (Fsp3) is 0.308. The molecule has 6 heteroatoms. The van der Waals surface area contributed by atoms with Crippen LogP contribution in [0.4, 0.5) is 4.39 Å². The lowest BCUT2D eigenvalue weighted by atomic mass is 9.92. The molecule has 1 aromatic heterocycles. The first-order valence-electron chi connectivity index (χ1n) is 11.0. The molecule has 2 aliphatic rings. The van der Waals surface area contributed by atoms with E-state index in [9.17, 15) is 14.0 Å². The Morgan fingerprint density at radius 3 is 2.62 bits per heavy atom. The molecule has 2 amide bonds. The first-order chi connectivity index (χ1) is 15.5. The van der Waals surface area contributed by atoms with Gasteiger partial charge in [0.25, 0.3) is 5.91 Å². The smallest absolute Gasteiger partial charge is 0.254 e. The van der Waals surface area contributed by atoms with Crippen LogP contribution in [0.15, 0.2) is 60.0 Å². The Bertz CT molecular complexity index is 1150. The van der Waals surface area contributed by atoms with Gasteiger partial charge in [0.1, 0.15) is 12.4 Å². The van der Waals surface area contributed by atoms with Gasteiger partial charge in [0.2, 0.25) is 5.91 Å². The van der Waals surface area contributed by atoms with Gasteiger partial charge in [-0.3, -0.25) is 9.59 Å². The number of fused-ring (bicyclic) bond motifs is 1. The summed E-state index contributed by atoms with van der Waals surface area (Å²) >= 11 is 1.73. The summed E-state index contributed by atoms with van der Waals surface area (Å²) in [7, 11) is 0. The van der Waals surface area contributed by atoms with E-state index in [2.05, 4.69) is 42.6 Å². The molecule has 32 heavy (non-hydrogen) atoms. The van der Waals surface area contributed by atoms with E-state index >= 15 is 0 Å². The van der Waals surface area contributed by atoms with Crippen molar-refractivity contribution in [2.24, 2.45) is 0 Å². The molecular formula is C26H25FN2O2S. The molecule has 1 aliphatic carbocycles. The third-order valence-corrected chi connectivity index (χ3v) is 7.30. The number of carbonyl (C=O) groups is 2. The summed E-state index contributed by atoms with van der Waals surface area (Å²) in [4.78, 5) is 31.6. The Balaban J connectivity index is 1.43. The van der Waals surface area contributed by atoms with Crippen LogP contribution in [0.25, 0.3) is 0 Å². The van der Waals surface area contributed by atoms with Crippen molar-refractivity contribution in [3.8, 4) is 0 Å². The van der Waals surface area contributed by atoms with Crippen LogP contribution in [-0.4, -0.2) is 40.7 Å². The minimum absolute atomic E-state index is 0.0157. The minimum Gasteiger partial charge on any atom is -0.330 e. The fourth-order valence-electron chi connectivity index (χ4n) is 4.47. The maximum Gasteiger partial charge on any atom is 0.254 e. The lowest BCUT2D eigenvalue weighted by Crippen LogP contribution is -2.47. The van der Waals surface area contributed by atoms with Gasteiger partial charge >= 0.3 is 0 Å². The van der Waals surface area contributed by atoms with Gasteiger partial charge in [-0.05, 0) is 67.0 Å². The van der Waals surface area contributed by atoms with Crippen LogP contribution in [0.5, 0.6) is 0 Å². The number of thiophene rings is 1. The lowest BCUT2D eigenvalue weighted by molar-refractivity contribution is -0.134. The number of hydrogen-bond acceptors (Lipinski definition) is 3. The summed E-state index contributed by atoms with van der Waals surface area (Å²) in [5.41, 5.74) is 3.72. The molecule has 1 fully saturated rings. The number of aryl methyl sites for hydroxylation is 1. The van der Waals surface area contributed by atoms with Crippen molar-refractivity contribution < 1.29 is 14.0 Å². The van der Waals surface area contributed by atoms with E-state index in [1.807, 2.05) is 4.90 Å². The number of benzene rings is 2. The Labute approximate surface area is 191 Å². The third kappa shape index (κ3) is 4.07.